The van der Waals surface area contributed by atoms with E-state index >= 15 is 0 Å². The number of carbonyl (C=O) groups is 3. The maximum atomic E-state index is 13.0. The Morgan fingerprint density at radius 1 is 1.16 bits per heavy atom. The molecule has 0 aliphatic rings. The molecule has 1 aromatic carbocycles. The Morgan fingerprint density at radius 3 is 2.56 bits per heavy atom. The molecule has 9 heteroatoms. The second-order valence-electron chi connectivity index (χ2n) is 7.28. The first kappa shape index (κ1) is 23.2. The number of carbonyl (C=O) groups excluding carboxylic acids is 3. The number of para-hydroxylation sites is 1. The maximum Gasteiger partial charge on any atom is 0.260 e. The zero-order valence-corrected chi connectivity index (χ0v) is 19.1. The molecule has 0 aliphatic carbocycles. The van der Waals surface area contributed by atoms with Crippen LogP contribution in [0.1, 0.15) is 42.1 Å². The van der Waals surface area contributed by atoms with Crippen molar-refractivity contribution in [2.24, 2.45) is 0 Å². The fourth-order valence-corrected chi connectivity index (χ4v) is 3.88. The summed E-state index contributed by atoms with van der Waals surface area (Å²) in [5, 5.41) is 7.69. The molecule has 0 radical (unpaired) electrons. The van der Waals surface area contributed by atoms with E-state index in [0.717, 1.165) is 6.42 Å². The fourth-order valence-electron chi connectivity index (χ4n) is 3.17. The zero-order valence-electron chi connectivity index (χ0n) is 18.3. The Morgan fingerprint density at radius 2 is 1.91 bits per heavy atom. The Hall–Kier alpha value is -3.46. The standard InChI is InChI=1S/C23H26N4O4S/c1-4-11-27(15(2)21(29)24-17-8-6-5-7-9-17)20(28)13-18-14-32-23(25-18)26-22(30)19-10-12-31-16(19)3/h5-10,12,14-15H,4,11,13H2,1-3H3,(H,24,29)(H,25,26,30). The van der Waals surface area contributed by atoms with E-state index < -0.39 is 6.04 Å². The van der Waals surface area contributed by atoms with Gasteiger partial charge in [0.15, 0.2) is 5.13 Å². The largest absolute Gasteiger partial charge is 0.469 e. The van der Waals surface area contributed by atoms with Gasteiger partial charge in [0.1, 0.15) is 11.8 Å². The molecule has 0 aliphatic heterocycles. The van der Waals surface area contributed by atoms with Crippen LogP contribution >= 0.6 is 11.3 Å². The van der Waals surface area contributed by atoms with E-state index in [4.69, 9.17) is 4.42 Å². The number of hydrogen-bond acceptors (Lipinski definition) is 6. The zero-order chi connectivity index (χ0) is 23.1. The average molecular weight is 455 g/mol. The summed E-state index contributed by atoms with van der Waals surface area (Å²) < 4.78 is 5.15. The van der Waals surface area contributed by atoms with Crippen LogP contribution in [0.15, 0.2) is 52.5 Å². The lowest BCUT2D eigenvalue weighted by molar-refractivity contribution is -0.137. The smallest absolute Gasteiger partial charge is 0.260 e. The predicted molar refractivity (Wildman–Crippen MR) is 124 cm³/mol. The summed E-state index contributed by atoms with van der Waals surface area (Å²) in [6, 6.07) is 10.1. The SMILES string of the molecule is CCCN(C(=O)Cc1csc(NC(=O)c2ccoc2C)n1)C(C)C(=O)Nc1ccccc1. The predicted octanol–water partition coefficient (Wildman–Crippen LogP) is 4.11. The van der Waals surface area contributed by atoms with Crippen molar-refractivity contribution in [2.75, 3.05) is 17.2 Å². The van der Waals surface area contributed by atoms with Crippen molar-refractivity contribution >= 4 is 39.9 Å². The number of nitrogens with one attached hydrogen (secondary N) is 2. The molecule has 0 bridgehead atoms. The number of nitrogens with zero attached hydrogens (tertiary/aromatic N) is 2. The number of benzene rings is 1. The quantitative estimate of drug-likeness (QED) is 0.506. The third-order valence-electron chi connectivity index (χ3n) is 4.88. The first-order valence-corrected chi connectivity index (χ1v) is 11.2. The van der Waals surface area contributed by atoms with Crippen LogP contribution < -0.4 is 10.6 Å². The van der Waals surface area contributed by atoms with Gasteiger partial charge in [-0.1, -0.05) is 25.1 Å². The highest BCUT2D eigenvalue weighted by Gasteiger charge is 2.26. The third-order valence-corrected chi connectivity index (χ3v) is 5.69. The Labute approximate surface area is 190 Å². The highest BCUT2D eigenvalue weighted by Crippen LogP contribution is 2.19. The van der Waals surface area contributed by atoms with Gasteiger partial charge in [0.2, 0.25) is 11.8 Å². The van der Waals surface area contributed by atoms with Crippen molar-refractivity contribution < 1.29 is 18.8 Å². The van der Waals surface area contributed by atoms with Crippen molar-refractivity contribution in [3.8, 4) is 0 Å². The van der Waals surface area contributed by atoms with Crippen molar-refractivity contribution in [1.29, 1.82) is 0 Å². The lowest BCUT2D eigenvalue weighted by Gasteiger charge is -2.28. The molecule has 1 atom stereocenters. The van der Waals surface area contributed by atoms with Crippen LogP contribution in [-0.2, 0) is 16.0 Å². The number of rotatable bonds is 9. The molecular weight excluding hydrogens is 428 g/mol. The fraction of sp³-hybridized carbons (Fsp3) is 0.304. The molecule has 32 heavy (non-hydrogen) atoms. The third kappa shape index (κ3) is 5.82. The number of anilines is 2. The monoisotopic (exact) mass is 454 g/mol. The number of aryl methyl sites for hydroxylation is 1. The summed E-state index contributed by atoms with van der Waals surface area (Å²) in [6.07, 6.45) is 2.21. The summed E-state index contributed by atoms with van der Waals surface area (Å²) in [6.45, 7) is 5.83. The van der Waals surface area contributed by atoms with Gasteiger partial charge < -0.3 is 14.6 Å². The van der Waals surface area contributed by atoms with Crippen molar-refractivity contribution in [3.63, 3.8) is 0 Å². The van der Waals surface area contributed by atoms with Gasteiger partial charge in [0.05, 0.1) is 23.9 Å². The number of amides is 3. The Bertz CT molecular complexity index is 1080. The summed E-state index contributed by atoms with van der Waals surface area (Å²) in [7, 11) is 0. The second-order valence-corrected chi connectivity index (χ2v) is 8.14. The van der Waals surface area contributed by atoms with E-state index in [0.29, 0.717) is 34.4 Å². The van der Waals surface area contributed by atoms with Gasteiger partial charge in [0, 0.05) is 17.6 Å². The molecule has 1 unspecified atom stereocenters. The van der Waals surface area contributed by atoms with E-state index in [1.807, 2.05) is 25.1 Å². The first-order valence-electron chi connectivity index (χ1n) is 10.3. The highest BCUT2D eigenvalue weighted by molar-refractivity contribution is 7.14. The Kier molecular flexibility index (Phi) is 7.77. The lowest BCUT2D eigenvalue weighted by Crippen LogP contribution is -2.46. The summed E-state index contributed by atoms with van der Waals surface area (Å²) in [4.78, 5) is 43.9. The van der Waals surface area contributed by atoms with Gasteiger partial charge in [0.25, 0.3) is 5.91 Å². The molecule has 2 aromatic heterocycles. The van der Waals surface area contributed by atoms with E-state index in [1.54, 1.807) is 42.3 Å². The van der Waals surface area contributed by atoms with Crippen molar-refractivity contribution in [3.05, 3.63) is 65.1 Å². The number of aromatic nitrogens is 1. The number of furan rings is 1. The van der Waals surface area contributed by atoms with E-state index in [-0.39, 0.29) is 24.1 Å². The van der Waals surface area contributed by atoms with Gasteiger partial charge in [-0.05, 0) is 38.5 Å². The van der Waals surface area contributed by atoms with E-state index in [2.05, 4.69) is 15.6 Å². The summed E-state index contributed by atoms with van der Waals surface area (Å²) in [5.41, 5.74) is 1.65. The van der Waals surface area contributed by atoms with E-state index in [9.17, 15) is 14.4 Å². The molecule has 3 aromatic rings. The molecule has 0 saturated heterocycles. The molecule has 3 rings (SSSR count). The minimum Gasteiger partial charge on any atom is -0.469 e. The normalized spacial score (nSPS) is 11.6. The van der Waals surface area contributed by atoms with Crippen LogP contribution in [0.4, 0.5) is 10.8 Å². The second kappa shape index (κ2) is 10.7. The molecule has 0 saturated carbocycles. The van der Waals surface area contributed by atoms with Crippen LogP contribution in [0.2, 0.25) is 0 Å². The van der Waals surface area contributed by atoms with Crippen LogP contribution in [0.5, 0.6) is 0 Å². The molecule has 2 heterocycles. The van der Waals surface area contributed by atoms with Crippen molar-refractivity contribution in [2.45, 2.75) is 39.7 Å². The molecule has 0 fully saturated rings. The van der Waals surface area contributed by atoms with Gasteiger partial charge in [-0.15, -0.1) is 11.3 Å². The molecular formula is C23H26N4O4S. The maximum absolute atomic E-state index is 13.0. The van der Waals surface area contributed by atoms with Crippen molar-refractivity contribution in [1.82, 2.24) is 9.88 Å². The highest BCUT2D eigenvalue weighted by atomic mass is 32.1. The minimum absolute atomic E-state index is 0.0417. The van der Waals surface area contributed by atoms with Crippen LogP contribution in [-0.4, -0.2) is 40.2 Å². The lowest BCUT2D eigenvalue weighted by atomic mass is 10.2. The molecule has 168 valence electrons. The summed E-state index contributed by atoms with van der Waals surface area (Å²) >= 11 is 1.24. The van der Waals surface area contributed by atoms with Gasteiger partial charge in [-0.25, -0.2) is 4.98 Å². The molecule has 0 spiro atoms. The van der Waals surface area contributed by atoms with Gasteiger partial charge in [-0.3, -0.25) is 19.7 Å². The van der Waals surface area contributed by atoms with Crippen LogP contribution in [0.25, 0.3) is 0 Å². The topological polar surface area (TPSA) is 105 Å². The average Bonchev–Trinajstić information content (AvgIpc) is 3.40. The van der Waals surface area contributed by atoms with Gasteiger partial charge in [-0.2, -0.15) is 0 Å². The minimum atomic E-state index is -0.635. The molecule has 2 N–H and O–H groups in total. The molecule has 8 nitrogen and oxygen atoms in total. The van der Waals surface area contributed by atoms with Crippen LogP contribution in [0, 0.1) is 6.92 Å². The Balaban J connectivity index is 1.62. The van der Waals surface area contributed by atoms with E-state index in [1.165, 1.54) is 17.6 Å². The number of hydrogen-bond donors (Lipinski definition) is 2. The molecule has 3 amide bonds. The summed E-state index contributed by atoms with van der Waals surface area (Å²) in [5.74, 6) is -0.245. The van der Waals surface area contributed by atoms with Gasteiger partial charge >= 0.3 is 0 Å². The number of thiazole rings is 1. The first-order chi connectivity index (χ1) is 15.4. The van der Waals surface area contributed by atoms with Crippen LogP contribution in [0.3, 0.4) is 0 Å².